The summed E-state index contributed by atoms with van der Waals surface area (Å²) in [6.45, 7) is 0. The molecule has 28 heavy (non-hydrogen) atoms. The molecule has 3 rings (SSSR count). The van der Waals surface area contributed by atoms with Gasteiger partial charge in [0.15, 0.2) is 5.11 Å². The minimum absolute atomic E-state index is 0.0351. The fourth-order valence-corrected chi connectivity index (χ4v) is 4.69. The Morgan fingerprint density at radius 3 is 2.11 bits per heavy atom. The van der Waals surface area contributed by atoms with E-state index in [1.165, 1.54) is 0 Å². The van der Waals surface area contributed by atoms with Gasteiger partial charge in [-0.2, -0.15) is 0 Å². The summed E-state index contributed by atoms with van der Waals surface area (Å²) in [6.07, 6.45) is 3.29. The maximum absolute atomic E-state index is 11.7. The minimum atomic E-state index is 0.0351. The number of anilines is 2. The summed E-state index contributed by atoms with van der Waals surface area (Å²) in [7, 11) is 0. The SMILES string of the molecule is O=CN(c1cc(Cl)cc(Cl)c1)[C@H]1CC[C@@H](NC(=S)Nc2cc(Cl)cc(Cl)c2)C1. The van der Waals surface area contributed by atoms with E-state index in [2.05, 4.69) is 10.6 Å². The summed E-state index contributed by atoms with van der Waals surface area (Å²) in [4.78, 5) is 13.4. The van der Waals surface area contributed by atoms with Gasteiger partial charge in [0.1, 0.15) is 0 Å². The lowest BCUT2D eigenvalue weighted by molar-refractivity contribution is -0.107. The van der Waals surface area contributed by atoms with E-state index in [-0.39, 0.29) is 12.1 Å². The lowest BCUT2D eigenvalue weighted by Crippen LogP contribution is -2.38. The van der Waals surface area contributed by atoms with Gasteiger partial charge >= 0.3 is 0 Å². The van der Waals surface area contributed by atoms with Crippen molar-refractivity contribution in [2.45, 2.75) is 31.3 Å². The summed E-state index contributed by atoms with van der Waals surface area (Å²) >= 11 is 29.6. The van der Waals surface area contributed by atoms with Crippen molar-refractivity contribution in [3.63, 3.8) is 0 Å². The van der Waals surface area contributed by atoms with E-state index in [0.717, 1.165) is 25.7 Å². The molecule has 2 N–H and O–H groups in total. The van der Waals surface area contributed by atoms with Gasteiger partial charge in [0.05, 0.1) is 0 Å². The van der Waals surface area contributed by atoms with Crippen molar-refractivity contribution in [3.05, 3.63) is 56.5 Å². The van der Waals surface area contributed by atoms with Gasteiger partial charge in [-0.3, -0.25) is 4.79 Å². The molecular formula is C19H17Cl4N3OS. The first kappa shape index (κ1) is 21.5. The third-order valence-electron chi connectivity index (χ3n) is 4.51. The van der Waals surface area contributed by atoms with Gasteiger partial charge in [-0.05, 0) is 67.9 Å². The number of thiocarbonyl (C=S) groups is 1. The quantitative estimate of drug-likeness (QED) is 0.400. The zero-order chi connectivity index (χ0) is 20.3. The highest BCUT2D eigenvalue weighted by Gasteiger charge is 2.30. The van der Waals surface area contributed by atoms with Crippen LogP contribution in [0.2, 0.25) is 20.1 Å². The second-order valence-corrected chi connectivity index (χ2v) is 8.71. The van der Waals surface area contributed by atoms with Crippen LogP contribution in [0.15, 0.2) is 36.4 Å². The molecule has 1 saturated carbocycles. The minimum Gasteiger partial charge on any atom is -0.360 e. The molecule has 0 bridgehead atoms. The lowest BCUT2D eigenvalue weighted by atomic mass is 10.2. The van der Waals surface area contributed by atoms with Crippen LogP contribution in [-0.4, -0.2) is 23.6 Å². The summed E-state index contributed by atoms with van der Waals surface area (Å²) in [5.74, 6) is 0. The average molecular weight is 477 g/mol. The van der Waals surface area contributed by atoms with E-state index in [1.54, 1.807) is 41.3 Å². The van der Waals surface area contributed by atoms with Gasteiger partial charge in [0.25, 0.3) is 0 Å². The number of benzene rings is 2. The maximum Gasteiger partial charge on any atom is 0.214 e. The molecule has 9 heteroatoms. The third kappa shape index (κ3) is 5.65. The van der Waals surface area contributed by atoms with E-state index >= 15 is 0 Å². The maximum atomic E-state index is 11.7. The van der Waals surface area contributed by atoms with E-state index in [4.69, 9.17) is 58.6 Å². The van der Waals surface area contributed by atoms with Gasteiger partial charge in [0.2, 0.25) is 6.41 Å². The van der Waals surface area contributed by atoms with E-state index in [9.17, 15) is 4.79 Å². The second kappa shape index (κ2) is 9.51. The van der Waals surface area contributed by atoms with Crippen LogP contribution >= 0.6 is 58.6 Å². The van der Waals surface area contributed by atoms with Gasteiger partial charge in [-0.15, -0.1) is 0 Å². The Labute approximate surface area is 189 Å². The molecule has 0 aliphatic heterocycles. The normalized spacial score (nSPS) is 18.6. The Hall–Kier alpha value is -1.24. The molecule has 1 aliphatic rings. The standard InChI is InChI=1S/C19H17Cl4N3OS/c20-11-3-12(21)6-16(5-11)25-19(28)24-15-1-2-17(9-15)26(10-27)18-7-13(22)4-14(23)8-18/h3-8,10,15,17H,1-2,9H2,(H2,24,25,28)/t15-,17+/m1/s1. The van der Waals surface area contributed by atoms with Crippen LogP contribution in [0.3, 0.4) is 0 Å². The summed E-state index contributed by atoms with van der Waals surface area (Å²) in [5, 5.41) is 8.90. The van der Waals surface area contributed by atoms with Gasteiger partial charge in [-0.25, -0.2) is 0 Å². The van der Waals surface area contributed by atoms with Crippen LogP contribution in [0.5, 0.6) is 0 Å². The first-order chi connectivity index (χ1) is 13.3. The number of amides is 1. The lowest BCUT2D eigenvalue weighted by Gasteiger charge is -2.25. The largest absolute Gasteiger partial charge is 0.360 e. The second-order valence-electron chi connectivity index (χ2n) is 6.56. The highest BCUT2D eigenvalue weighted by Crippen LogP contribution is 2.31. The van der Waals surface area contributed by atoms with Crippen molar-refractivity contribution in [1.82, 2.24) is 5.32 Å². The van der Waals surface area contributed by atoms with Crippen LogP contribution in [0.4, 0.5) is 11.4 Å². The predicted molar refractivity (Wildman–Crippen MR) is 122 cm³/mol. The zero-order valence-electron chi connectivity index (χ0n) is 14.6. The molecule has 1 amide bonds. The number of carbonyl (C=O) groups is 1. The summed E-state index contributed by atoms with van der Waals surface area (Å²) < 4.78 is 0. The molecule has 2 atom stereocenters. The smallest absolute Gasteiger partial charge is 0.214 e. The van der Waals surface area contributed by atoms with Crippen LogP contribution in [-0.2, 0) is 4.79 Å². The highest BCUT2D eigenvalue weighted by atomic mass is 35.5. The van der Waals surface area contributed by atoms with Crippen molar-refractivity contribution in [2.24, 2.45) is 0 Å². The van der Waals surface area contributed by atoms with E-state index in [0.29, 0.717) is 36.6 Å². The van der Waals surface area contributed by atoms with E-state index < -0.39 is 0 Å². The number of hydrogen-bond donors (Lipinski definition) is 2. The molecule has 1 fully saturated rings. The molecule has 0 heterocycles. The first-order valence-corrected chi connectivity index (χ1v) is 10.5. The molecule has 2 aromatic carbocycles. The van der Waals surface area contributed by atoms with Gasteiger partial charge < -0.3 is 15.5 Å². The molecule has 148 valence electrons. The molecule has 2 aromatic rings. The van der Waals surface area contributed by atoms with Crippen molar-refractivity contribution >= 4 is 81.5 Å². The fourth-order valence-electron chi connectivity index (χ4n) is 3.37. The molecule has 0 aromatic heterocycles. The molecule has 0 radical (unpaired) electrons. The van der Waals surface area contributed by atoms with Crippen molar-refractivity contribution < 1.29 is 4.79 Å². The molecule has 1 aliphatic carbocycles. The van der Waals surface area contributed by atoms with Crippen LogP contribution in [0, 0.1) is 0 Å². The average Bonchev–Trinajstić information content (AvgIpc) is 3.01. The summed E-state index contributed by atoms with van der Waals surface area (Å²) in [5.41, 5.74) is 1.40. The van der Waals surface area contributed by atoms with Crippen LogP contribution in [0.1, 0.15) is 19.3 Å². The Morgan fingerprint density at radius 1 is 0.964 bits per heavy atom. The molecular weight excluding hydrogens is 460 g/mol. The fraction of sp³-hybridized carbons (Fsp3) is 0.263. The van der Waals surface area contributed by atoms with Crippen LogP contribution in [0.25, 0.3) is 0 Å². The van der Waals surface area contributed by atoms with Gasteiger partial charge in [0, 0.05) is 43.5 Å². The first-order valence-electron chi connectivity index (χ1n) is 8.57. The van der Waals surface area contributed by atoms with E-state index in [1.807, 2.05) is 0 Å². The Balaban J connectivity index is 1.61. The van der Waals surface area contributed by atoms with Crippen LogP contribution < -0.4 is 15.5 Å². The Kier molecular flexibility index (Phi) is 7.29. The summed E-state index contributed by atoms with van der Waals surface area (Å²) in [6, 6.07) is 10.4. The number of halogens is 4. The third-order valence-corrected chi connectivity index (χ3v) is 5.61. The monoisotopic (exact) mass is 475 g/mol. The Morgan fingerprint density at radius 2 is 1.54 bits per heavy atom. The molecule has 0 spiro atoms. The number of hydrogen-bond acceptors (Lipinski definition) is 2. The number of rotatable bonds is 5. The van der Waals surface area contributed by atoms with Crippen molar-refractivity contribution in [3.8, 4) is 0 Å². The highest BCUT2D eigenvalue weighted by molar-refractivity contribution is 7.80. The molecule has 4 nitrogen and oxygen atoms in total. The number of nitrogens with zero attached hydrogens (tertiary/aromatic N) is 1. The number of carbonyl (C=O) groups excluding carboxylic acids is 1. The topological polar surface area (TPSA) is 44.4 Å². The number of nitrogens with one attached hydrogen (secondary N) is 2. The molecule has 0 unspecified atom stereocenters. The zero-order valence-corrected chi connectivity index (χ0v) is 18.4. The molecule has 0 saturated heterocycles. The predicted octanol–water partition coefficient (Wildman–Crippen LogP) is 6.17. The van der Waals surface area contributed by atoms with Gasteiger partial charge in [-0.1, -0.05) is 46.4 Å². The Bertz CT molecular complexity index is 855. The van der Waals surface area contributed by atoms with Crippen molar-refractivity contribution in [1.29, 1.82) is 0 Å². The van der Waals surface area contributed by atoms with Crippen molar-refractivity contribution in [2.75, 3.05) is 10.2 Å².